The number of nitrogens with one attached hydrogen (secondary N) is 1. The molecule has 0 aromatic heterocycles. The van der Waals surface area contributed by atoms with E-state index in [1.807, 2.05) is 18.2 Å². The van der Waals surface area contributed by atoms with Crippen LogP contribution in [0.1, 0.15) is 18.1 Å². The SMILES string of the molecule is C[C@@H](C(=O)O)N(C)C(=O)[C@H](Cc1ccc(C#N)cc1)NS(=O)(=O)c1ccc2ccccc2c1. The Hall–Kier alpha value is -3.74. The molecule has 0 aliphatic rings. The molecule has 0 aliphatic carbocycles. The number of aliphatic carboxylic acids is 1. The fourth-order valence-electron chi connectivity index (χ4n) is 3.32. The van der Waals surface area contributed by atoms with Crippen LogP contribution in [-0.2, 0) is 26.0 Å². The lowest BCUT2D eigenvalue weighted by Gasteiger charge is -2.27. The maximum absolute atomic E-state index is 13.2. The number of hydrogen-bond donors (Lipinski definition) is 2. The number of nitriles is 1. The fourth-order valence-corrected chi connectivity index (χ4v) is 4.55. The highest BCUT2D eigenvalue weighted by Crippen LogP contribution is 2.20. The molecule has 0 bridgehead atoms. The molecule has 33 heavy (non-hydrogen) atoms. The van der Waals surface area contributed by atoms with Crippen molar-refractivity contribution in [2.45, 2.75) is 30.3 Å². The molecule has 2 N–H and O–H groups in total. The number of rotatable bonds is 8. The molecule has 0 spiro atoms. The average molecular weight is 466 g/mol. The van der Waals surface area contributed by atoms with Gasteiger partial charge < -0.3 is 10.0 Å². The zero-order valence-corrected chi connectivity index (χ0v) is 18.9. The van der Waals surface area contributed by atoms with E-state index in [-0.39, 0.29) is 11.3 Å². The zero-order valence-electron chi connectivity index (χ0n) is 18.1. The van der Waals surface area contributed by atoms with Gasteiger partial charge in [-0.1, -0.05) is 42.5 Å². The minimum atomic E-state index is -4.11. The first-order valence-corrected chi connectivity index (χ1v) is 11.6. The van der Waals surface area contributed by atoms with Crippen molar-refractivity contribution in [3.05, 3.63) is 77.9 Å². The third kappa shape index (κ3) is 5.55. The molecule has 0 unspecified atom stereocenters. The first-order valence-electron chi connectivity index (χ1n) is 10.1. The quantitative estimate of drug-likeness (QED) is 0.526. The third-order valence-corrected chi connectivity index (χ3v) is 6.90. The van der Waals surface area contributed by atoms with E-state index >= 15 is 0 Å². The number of amides is 1. The molecule has 0 radical (unpaired) electrons. The van der Waals surface area contributed by atoms with Crippen LogP contribution in [0.25, 0.3) is 10.8 Å². The lowest BCUT2D eigenvalue weighted by atomic mass is 10.0. The number of fused-ring (bicyclic) bond motifs is 1. The summed E-state index contributed by atoms with van der Waals surface area (Å²) in [6.45, 7) is 1.34. The van der Waals surface area contributed by atoms with Gasteiger partial charge in [0.05, 0.1) is 16.5 Å². The van der Waals surface area contributed by atoms with Crippen LogP contribution in [0.4, 0.5) is 0 Å². The van der Waals surface area contributed by atoms with E-state index < -0.39 is 34.0 Å². The molecule has 0 saturated heterocycles. The molecule has 0 heterocycles. The largest absolute Gasteiger partial charge is 0.480 e. The van der Waals surface area contributed by atoms with Crippen molar-refractivity contribution in [3.8, 4) is 6.07 Å². The number of carbonyl (C=O) groups is 2. The Balaban J connectivity index is 1.94. The average Bonchev–Trinajstić information content (AvgIpc) is 2.82. The zero-order chi connectivity index (χ0) is 24.2. The van der Waals surface area contributed by atoms with E-state index in [1.54, 1.807) is 42.5 Å². The van der Waals surface area contributed by atoms with Crippen LogP contribution < -0.4 is 4.72 Å². The number of carboxylic acids is 1. The fraction of sp³-hybridized carbons (Fsp3) is 0.208. The first-order chi connectivity index (χ1) is 15.6. The lowest BCUT2D eigenvalue weighted by molar-refractivity contribution is -0.148. The highest BCUT2D eigenvalue weighted by atomic mass is 32.2. The number of carboxylic acid groups (broad SMARTS) is 1. The van der Waals surface area contributed by atoms with Gasteiger partial charge >= 0.3 is 5.97 Å². The molecule has 9 heteroatoms. The van der Waals surface area contributed by atoms with Crippen LogP contribution in [0.5, 0.6) is 0 Å². The summed E-state index contributed by atoms with van der Waals surface area (Å²) in [7, 11) is -2.79. The van der Waals surface area contributed by atoms with E-state index in [9.17, 15) is 23.1 Å². The predicted molar refractivity (Wildman–Crippen MR) is 123 cm³/mol. The molecular weight excluding hydrogens is 442 g/mol. The van der Waals surface area contributed by atoms with Crippen LogP contribution in [-0.4, -0.2) is 49.4 Å². The summed E-state index contributed by atoms with van der Waals surface area (Å²) in [5.41, 5.74) is 1.04. The molecule has 3 aromatic carbocycles. The van der Waals surface area contributed by atoms with E-state index in [1.165, 1.54) is 26.1 Å². The van der Waals surface area contributed by atoms with Crippen molar-refractivity contribution >= 4 is 32.7 Å². The Bertz CT molecular complexity index is 1330. The number of carbonyl (C=O) groups excluding carboxylic acids is 1. The topological polar surface area (TPSA) is 128 Å². The van der Waals surface area contributed by atoms with Gasteiger partial charge in [-0.15, -0.1) is 0 Å². The van der Waals surface area contributed by atoms with Crippen molar-refractivity contribution in [3.63, 3.8) is 0 Å². The summed E-state index contributed by atoms with van der Waals surface area (Å²) >= 11 is 0. The van der Waals surface area contributed by atoms with Crippen LogP contribution in [0, 0.1) is 11.3 Å². The van der Waals surface area contributed by atoms with E-state index in [0.717, 1.165) is 15.7 Å². The van der Waals surface area contributed by atoms with E-state index in [4.69, 9.17) is 5.26 Å². The molecular formula is C24H23N3O5S. The van der Waals surface area contributed by atoms with Gasteiger partial charge in [-0.2, -0.15) is 9.98 Å². The minimum absolute atomic E-state index is 0.00670. The standard InChI is InChI=1S/C24H23N3O5S/c1-16(24(29)30)27(2)23(28)22(13-17-7-9-18(15-25)10-8-17)26-33(31,32)21-12-11-19-5-3-4-6-20(19)14-21/h3-12,14,16,22,26H,13H2,1-2H3,(H,29,30)/t16-,22-/m0/s1. The Kier molecular flexibility index (Phi) is 7.11. The molecule has 8 nitrogen and oxygen atoms in total. The molecule has 0 saturated carbocycles. The molecule has 3 aromatic rings. The van der Waals surface area contributed by atoms with Gasteiger partial charge in [0.15, 0.2) is 0 Å². The van der Waals surface area contributed by atoms with Crippen molar-refractivity contribution in [1.82, 2.24) is 9.62 Å². The second-order valence-electron chi connectivity index (χ2n) is 7.66. The van der Waals surface area contributed by atoms with Gasteiger partial charge in [0, 0.05) is 7.05 Å². The number of nitrogens with zero attached hydrogens (tertiary/aromatic N) is 2. The number of likely N-dealkylation sites (N-methyl/N-ethyl adjacent to an activating group) is 1. The van der Waals surface area contributed by atoms with Crippen LogP contribution in [0.3, 0.4) is 0 Å². The predicted octanol–water partition coefficient (Wildman–Crippen LogP) is 2.53. The normalized spacial score (nSPS) is 13.1. The Morgan fingerprint density at radius 2 is 1.70 bits per heavy atom. The smallest absolute Gasteiger partial charge is 0.326 e. The van der Waals surface area contributed by atoms with Gasteiger partial charge in [0.25, 0.3) is 0 Å². The first kappa shape index (κ1) is 23.9. The third-order valence-electron chi connectivity index (χ3n) is 5.44. The van der Waals surface area contributed by atoms with E-state index in [2.05, 4.69) is 4.72 Å². The maximum atomic E-state index is 13.2. The summed E-state index contributed by atoms with van der Waals surface area (Å²) in [6, 6.07) is 17.9. The molecule has 0 fully saturated rings. The minimum Gasteiger partial charge on any atom is -0.480 e. The number of hydrogen-bond acceptors (Lipinski definition) is 5. The Morgan fingerprint density at radius 3 is 2.30 bits per heavy atom. The van der Waals surface area contributed by atoms with E-state index in [0.29, 0.717) is 11.1 Å². The van der Waals surface area contributed by atoms with Crippen molar-refractivity contribution in [1.29, 1.82) is 5.26 Å². The van der Waals surface area contributed by atoms with Gasteiger partial charge in [0.2, 0.25) is 15.9 Å². The van der Waals surface area contributed by atoms with Crippen LogP contribution in [0.2, 0.25) is 0 Å². The maximum Gasteiger partial charge on any atom is 0.326 e. The summed E-state index contributed by atoms with van der Waals surface area (Å²) in [4.78, 5) is 25.5. The molecule has 2 atom stereocenters. The molecule has 1 amide bonds. The molecule has 3 rings (SSSR count). The Labute approximate surface area is 192 Å². The lowest BCUT2D eigenvalue weighted by Crippen LogP contribution is -2.52. The summed E-state index contributed by atoms with van der Waals surface area (Å²) in [5, 5.41) is 19.9. The second kappa shape index (κ2) is 9.81. The van der Waals surface area contributed by atoms with Crippen molar-refractivity contribution < 1.29 is 23.1 Å². The van der Waals surface area contributed by atoms with Gasteiger partial charge in [-0.3, -0.25) is 4.79 Å². The molecule has 0 aliphatic heterocycles. The second-order valence-corrected chi connectivity index (χ2v) is 9.37. The van der Waals surface area contributed by atoms with Crippen LogP contribution in [0.15, 0.2) is 71.6 Å². The summed E-state index contributed by atoms with van der Waals surface area (Å²) < 4.78 is 28.8. The van der Waals surface area contributed by atoms with Crippen molar-refractivity contribution in [2.24, 2.45) is 0 Å². The van der Waals surface area contributed by atoms with Gasteiger partial charge in [-0.25, -0.2) is 13.2 Å². The van der Waals surface area contributed by atoms with Crippen LogP contribution >= 0.6 is 0 Å². The number of benzene rings is 3. The Morgan fingerprint density at radius 1 is 1.06 bits per heavy atom. The summed E-state index contributed by atoms with van der Waals surface area (Å²) in [6.07, 6.45) is -0.0198. The van der Waals surface area contributed by atoms with Gasteiger partial charge in [-0.05, 0) is 53.9 Å². The van der Waals surface area contributed by atoms with Gasteiger partial charge in [0.1, 0.15) is 12.1 Å². The highest BCUT2D eigenvalue weighted by Gasteiger charge is 2.32. The highest BCUT2D eigenvalue weighted by molar-refractivity contribution is 7.89. The number of sulfonamides is 1. The van der Waals surface area contributed by atoms with Crippen molar-refractivity contribution in [2.75, 3.05) is 7.05 Å². The monoisotopic (exact) mass is 465 g/mol. The molecule has 170 valence electrons. The summed E-state index contributed by atoms with van der Waals surface area (Å²) in [5.74, 6) is -1.89.